The van der Waals surface area contributed by atoms with Crippen molar-refractivity contribution in [3.8, 4) is 11.5 Å². The van der Waals surface area contributed by atoms with E-state index in [0.717, 1.165) is 48.8 Å². The molecule has 0 unspecified atom stereocenters. The summed E-state index contributed by atoms with van der Waals surface area (Å²) in [6.45, 7) is 7.39. The van der Waals surface area contributed by atoms with Crippen molar-refractivity contribution in [3.05, 3.63) is 23.9 Å². The van der Waals surface area contributed by atoms with Gasteiger partial charge in [-0.05, 0) is 52.2 Å². The zero-order valence-electron chi connectivity index (χ0n) is 15.1. The van der Waals surface area contributed by atoms with Crippen molar-refractivity contribution < 1.29 is 0 Å². The Morgan fingerprint density at radius 2 is 1.96 bits per heavy atom. The quantitative estimate of drug-likeness (QED) is 0.816. The van der Waals surface area contributed by atoms with Gasteiger partial charge in [-0.3, -0.25) is 4.98 Å². The van der Waals surface area contributed by atoms with Crippen molar-refractivity contribution in [2.75, 3.05) is 20.1 Å². The van der Waals surface area contributed by atoms with Crippen LogP contribution in [0.25, 0.3) is 11.5 Å². The highest BCUT2D eigenvalue weighted by molar-refractivity contribution is 5.47. The Labute approximate surface area is 144 Å². The molecule has 130 valence electrons. The molecule has 0 N–H and O–H groups in total. The van der Waals surface area contributed by atoms with E-state index in [0.29, 0.717) is 5.92 Å². The predicted octanol–water partition coefficient (Wildman–Crippen LogP) is 2.73. The molecule has 3 heterocycles. The largest absolute Gasteiger partial charge is 0.306 e. The Kier molecular flexibility index (Phi) is 5.56. The second-order valence-electron chi connectivity index (χ2n) is 6.92. The Bertz CT molecular complexity index is 640. The van der Waals surface area contributed by atoms with E-state index in [1.54, 1.807) is 12.4 Å². The number of hydrogen-bond acceptors (Lipinski definition) is 5. The molecular formula is C18H28N6. The van der Waals surface area contributed by atoms with Gasteiger partial charge in [-0.15, -0.1) is 0 Å². The van der Waals surface area contributed by atoms with E-state index in [9.17, 15) is 0 Å². The number of rotatable bonds is 6. The van der Waals surface area contributed by atoms with E-state index in [2.05, 4.69) is 28.8 Å². The number of aromatic nitrogens is 5. The summed E-state index contributed by atoms with van der Waals surface area (Å²) >= 11 is 0. The lowest BCUT2D eigenvalue weighted by atomic mass is 9.94. The van der Waals surface area contributed by atoms with Crippen LogP contribution in [0.3, 0.4) is 0 Å². The molecule has 0 radical (unpaired) electrons. The van der Waals surface area contributed by atoms with Crippen molar-refractivity contribution >= 4 is 0 Å². The van der Waals surface area contributed by atoms with Gasteiger partial charge in [-0.1, -0.05) is 13.3 Å². The summed E-state index contributed by atoms with van der Waals surface area (Å²) in [5, 5.41) is 4.78. The van der Waals surface area contributed by atoms with Gasteiger partial charge in [0.2, 0.25) is 0 Å². The number of nitrogens with zero attached hydrogens (tertiary/aromatic N) is 6. The third kappa shape index (κ3) is 4.17. The molecule has 0 aromatic carbocycles. The summed E-state index contributed by atoms with van der Waals surface area (Å²) < 4.78 is 2.02. The molecule has 0 bridgehead atoms. The van der Waals surface area contributed by atoms with Crippen LogP contribution >= 0.6 is 0 Å². The highest BCUT2D eigenvalue weighted by atomic mass is 15.4. The molecule has 0 saturated carbocycles. The summed E-state index contributed by atoms with van der Waals surface area (Å²) in [5.41, 5.74) is 1.74. The van der Waals surface area contributed by atoms with Gasteiger partial charge < -0.3 is 4.90 Å². The summed E-state index contributed by atoms with van der Waals surface area (Å²) in [7, 11) is 2.20. The third-order valence-corrected chi connectivity index (χ3v) is 4.76. The zero-order valence-corrected chi connectivity index (χ0v) is 15.1. The number of hydrogen-bond donors (Lipinski definition) is 0. The lowest BCUT2D eigenvalue weighted by molar-refractivity contribution is 0.217. The van der Waals surface area contributed by atoms with Gasteiger partial charge in [0.25, 0.3) is 0 Å². The van der Waals surface area contributed by atoms with Crippen molar-refractivity contribution in [2.45, 2.75) is 52.5 Å². The summed E-state index contributed by atoms with van der Waals surface area (Å²) in [6.07, 6.45) is 9.29. The monoisotopic (exact) mass is 328 g/mol. The molecule has 1 aliphatic heterocycles. The molecule has 24 heavy (non-hydrogen) atoms. The zero-order chi connectivity index (χ0) is 16.9. The van der Waals surface area contributed by atoms with Crippen molar-refractivity contribution in [1.82, 2.24) is 29.6 Å². The molecule has 6 nitrogen and oxygen atoms in total. The van der Waals surface area contributed by atoms with Crippen LogP contribution in [0.4, 0.5) is 0 Å². The van der Waals surface area contributed by atoms with E-state index < -0.39 is 0 Å². The SMILES string of the molecule is CCCCn1nc(CC2CCN(C)CC2)nc1-c1cnc(C)cn1. The average molecular weight is 328 g/mol. The molecule has 6 heteroatoms. The number of likely N-dealkylation sites (tertiary alicyclic amines) is 1. The molecule has 1 fully saturated rings. The molecule has 3 rings (SSSR count). The van der Waals surface area contributed by atoms with Crippen LogP contribution in [-0.2, 0) is 13.0 Å². The number of unbranched alkanes of at least 4 members (excludes halogenated alkanes) is 1. The minimum Gasteiger partial charge on any atom is -0.306 e. The van der Waals surface area contributed by atoms with Crippen LogP contribution in [0.2, 0.25) is 0 Å². The number of aryl methyl sites for hydroxylation is 2. The molecule has 1 saturated heterocycles. The lowest BCUT2D eigenvalue weighted by Gasteiger charge is -2.28. The van der Waals surface area contributed by atoms with Gasteiger partial charge >= 0.3 is 0 Å². The highest BCUT2D eigenvalue weighted by Crippen LogP contribution is 2.22. The Morgan fingerprint density at radius 1 is 1.17 bits per heavy atom. The Hall–Kier alpha value is -1.82. The summed E-state index contributed by atoms with van der Waals surface area (Å²) in [5.74, 6) is 2.51. The average Bonchev–Trinajstić information content (AvgIpc) is 2.98. The third-order valence-electron chi connectivity index (χ3n) is 4.76. The predicted molar refractivity (Wildman–Crippen MR) is 94.6 cm³/mol. The normalized spacial score (nSPS) is 16.6. The molecule has 1 aliphatic rings. The van der Waals surface area contributed by atoms with E-state index in [1.807, 2.05) is 11.6 Å². The lowest BCUT2D eigenvalue weighted by Crippen LogP contribution is -2.31. The molecule has 0 aliphatic carbocycles. The van der Waals surface area contributed by atoms with Gasteiger partial charge in [-0.25, -0.2) is 14.6 Å². The smallest absolute Gasteiger partial charge is 0.178 e. The molecule has 0 atom stereocenters. The van der Waals surface area contributed by atoms with Gasteiger partial charge in [0, 0.05) is 19.2 Å². The van der Waals surface area contributed by atoms with Crippen LogP contribution in [-0.4, -0.2) is 49.8 Å². The van der Waals surface area contributed by atoms with E-state index >= 15 is 0 Å². The van der Waals surface area contributed by atoms with E-state index in [1.165, 1.54) is 25.9 Å². The van der Waals surface area contributed by atoms with Crippen molar-refractivity contribution in [3.63, 3.8) is 0 Å². The van der Waals surface area contributed by atoms with Crippen molar-refractivity contribution in [1.29, 1.82) is 0 Å². The summed E-state index contributed by atoms with van der Waals surface area (Å²) in [6, 6.07) is 0. The first-order chi connectivity index (χ1) is 11.7. The standard InChI is InChI=1S/C18H28N6/c1-4-5-8-24-18(16-13-19-14(2)12-20-16)21-17(22-24)11-15-6-9-23(3)10-7-15/h12-13,15H,4-11H2,1-3H3. The van der Waals surface area contributed by atoms with Gasteiger partial charge in [0.15, 0.2) is 11.6 Å². The van der Waals surface area contributed by atoms with Crippen LogP contribution in [0.15, 0.2) is 12.4 Å². The fourth-order valence-electron chi connectivity index (χ4n) is 3.16. The first-order valence-corrected chi connectivity index (χ1v) is 9.07. The molecule has 2 aromatic heterocycles. The Morgan fingerprint density at radius 3 is 2.62 bits per heavy atom. The molecule has 2 aromatic rings. The van der Waals surface area contributed by atoms with Crippen LogP contribution in [0, 0.1) is 12.8 Å². The first kappa shape index (κ1) is 17.0. The van der Waals surface area contributed by atoms with E-state index in [4.69, 9.17) is 10.1 Å². The number of piperidine rings is 1. The fraction of sp³-hybridized carbons (Fsp3) is 0.667. The first-order valence-electron chi connectivity index (χ1n) is 9.07. The fourth-order valence-corrected chi connectivity index (χ4v) is 3.16. The van der Waals surface area contributed by atoms with Crippen molar-refractivity contribution in [2.24, 2.45) is 5.92 Å². The van der Waals surface area contributed by atoms with Gasteiger partial charge in [-0.2, -0.15) is 5.10 Å². The molecule has 0 amide bonds. The highest BCUT2D eigenvalue weighted by Gasteiger charge is 2.20. The Balaban J connectivity index is 1.79. The minimum atomic E-state index is 0.695. The molecule has 0 spiro atoms. The summed E-state index contributed by atoms with van der Waals surface area (Å²) in [4.78, 5) is 16.1. The topological polar surface area (TPSA) is 59.7 Å². The maximum atomic E-state index is 4.81. The van der Waals surface area contributed by atoms with Crippen LogP contribution in [0.5, 0.6) is 0 Å². The maximum absolute atomic E-state index is 4.81. The minimum absolute atomic E-state index is 0.695. The van der Waals surface area contributed by atoms with Gasteiger partial charge in [0.1, 0.15) is 5.69 Å². The van der Waals surface area contributed by atoms with E-state index in [-0.39, 0.29) is 0 Å². The second kappa shape index (κ2) is 7.83. The molecular weight excluding hydrogens is 300 g/mol. The second-order valence-corrected chi connectivity index (χ2v) is 6.92. The van der Waals surface area contributed by atoms with Crippen LogP contribution in [0.1, 0.15) is 44.1 Å². The maximum Gasteiger partial charge on any atom is 0.178 e. The van der Waals surface area contributed by atoms with Crippen LogP contribution < -0.4 is 0 Å². The van der Waals surface area contributed by atoms with Gasteiger partial charge in [0.05, 0.1) is 11.9 Å².